The van der Waals surface area contributed by atoms with E-state index in [0.29, 0.717) is 0 Å². The van der Waals surface area contributed by atoms with Crippen LogP contribution in [0.3, 0.4) is 0 Å². The molecule has 0 fully saturated rings. The highest BCUT2D eigenvalue weighted by atomic mass is 15.1. The Bertz CT molecular complexity index is 3650. The van der Waals surface area contributed by atoms with Crippen molar-refractivity contribution in [3.8, 4) is 61.3 Å². The van der Waals surface area contributed by atoms with E-state index in [9.17, 15) is 0 Å². The molecule has 0 unspecified atom stereocenters. The average Bonchev–Trinajstić information content (AvgIpc) is 3.75. The number of aromatic nitrogens is 1. The summed E-state index contributed by atoms with van der Waals surface area (Å²) >= 11 is 0. The highest BCUT2D eigenvalue weighted by Crippen LogP contribution is 2.45. The number of rotatable bonds is 9. The normalized spacial score (nSPS) is 11.3. The molecule has 11 aromatic carbocycles. The van der Waals surface area contributed by atoms with Gasteiger partial charge in [-0.1, -0.05) is 212 Å². The molecule has 0 radical (unpaired) electrons. The smallest absolute Gasteiger partial charge is 0.0547 e. The maximum absolute atomic E-state index is 2.46. The molecule has 12 aromatic rings. The third kappa shape index (κ3) is 7.02. The number of para-hydroxylation sites is 2. The van der Waals surface area contributed by atoms with Gasteiger partial charge in [0.2, 0.25) is 0 Å². The Morgan fingerprint density at radius 3 is 1.32 bits per heavy atom. The van der Waals surface area contributed by atoms with Crippen LogP contribution in [-0.2, 0) is 0 Å². The van der Waals surface area contributed by atoms with Gasteiger partial charge in [0.05, 0.1) is 16.7 Å². The SMILES string of the molecule is c1ccc(-c2ccc(-c3ccc(N(c4ccc(-c5ccccc5)cc4)c4ccc(-c5ccccc5-n5c6ccccc6c6c7ccccc7ccc65)c(-c5ccccc5)c4)cc3)cc2)cc1. The molecule has 0 aliphatic carbocycles. The minimum absolute atomic E-state index is 1.07. The maximum atomic E-state index is 2.46. The van der Waals surface area contributed by atoms with Crippen LogP contribution in [-0.4, -0.2) is 4.57 Å². The highest BCUT2D eigenvalue weighted by molar-refractivity contribution is 6.21. The van der Waals surface area contributed by atoms with Gasteiger partial charge in [-0.05, 0) is 115 Å². The van der Waals surface area contributed by atoms with E-state index in [2.05, 4.69) is 276 Å². The summed E-state index contributed by atoms with van der Waals surface area (Å²) in [6, 6.07) is 96.8. The molecule has 1 aromatic heterocycles. The quantitative estimate of drug-likeness (QED) is 0.141. The molecule has 66 heavy (non-hydrogen) atoms. The fourth-order valence-corrected chi connectivity index (χ4v) is 9.83. The van der Waals surface area contributed by atoms with E-state index in [1.807, 2.05) is 0 Å². The predicted octanol–water partition coefficient (Wildman–Crippen LogP) is 17.7. The van der Waals surface area contributed by atoms with Gasteiger partial charge >= 0.3 is 0 Å². The molecule has 0 N–H and O–H groups in total. The molecule has 0 aliphatic rings. The molecular weight excluding hydrogens is 797 g/mol. The van der Waals surface area contributed by atoms with E-state index in [0.717, 1.165) is 33.9 Å². The molecule has 0 aliphatic heterocycles. The van der Waals surface area contributed by atoms with Gasteiger partial charge in [0.1, 0.15) is 0 Å². The fourth-order valence-electron chi connectivity index (χ4n) is 9.83. The van der Waals surface area contributed by atoms with Crippen LogP contribution < -0.4 is 4.90 Å². The average molecular weight is 841 g/mol. The molecule has 1 heterocycles. The number of hydrogen-bond donors (Lipinski definition) is 0. The van der Waals surface area contributed by atoms with Crippen molar-refractivity contribution in [2.75, 3.05) is 4.90 Å². The minimum atomic E-state index is 1.07. The lowest BCUT2D eigenvalue weighted by atomic mass is 9.92. The van der Waals surface area contributed by atoms with Gasteiger partial charge in [-0.3, -0.25) is 0 Å². The lowest BCUT2D eigenvalue weighted by Crippen LogP contribution is -2.10. The van der Waals surface area contributed by atoms with E-state index in [1.54, 1.807) is 0 Å². The molecule has 310 valence electrons. The van der Waals surface area contributed by atoms with Crippen molar-refractivity contribution in [2.45, 2.75) is 0 Å². The largest absolute Gasteiger partial charge is 0.310 e. The van der Waals surface area contributed by atoms with Crippen molar-refractivity contribution < 1.29 is 0 Å². The summed E-state index contributed by atoms with van der Waals surface area (Å²) in [5, 5.41) is 5.04. The Morgan fingerprint density at radius 2 is 0.712 bits per heavy atom. The zero-order valence-corrected chi connectivity index (χ0v) is 36.3. The molecule has 0 saturated heterocycles. The molecule has 0 atom stereocenters. The van der Waals surface area contributed by atoms with Crippen molar-refractivity contribution >= 4 is 49.6 Å². The summed E-state index contributed by atoms with van der Waals surface area (Å²) in [6.45, 7) is 0. The third-order valence-electron chi connectivity index (χ3n) is 13.0. The second-order valence-corrected chi connectivity index (χ2v) is 16.9. The lowest BCUT2D eigenvalue weighted by Gasteiger charge is -2.27. The van der Waals surface area contributed by atoms with Crippen LogP contribution in [0.25, 0.3) is 93.9 Å². The first-order chi connectivity index (χ1) is 32.7. The molecule has 0 spiro atoms. The van der Waals surface area contributed by atoms with Crippen molar-refractivity contribution in [2.24, 2.45) is 0 Å². The zero-order valence-electron chi connectivity index (χ0n) is 36.3. The summed E-state index contributed by atoms with van der Waals surface area (Å²) < 4.78 is 2.46. The Hall–Kier alpha value is -8.72. The number of benzene rings is 11. The number of hydrogen-bond acceptors (Lipinski definition) is 1. The molecule has 2 heteroatoms. The summed E-state index contributed by atoms with van der Waals surface area (Å²) in [5.74, 6) is 0. The molecular formula is C64H44N2. The monoisotopic (exact) mass is 840 g/mol. The standard InChI is InChI=1S/C64H44N2/c1-4-16-45(17-5-1)47-28-30-48(31-29-47)50-34-39-54(40-35-50)65(53-37-32-49(33-38-53)46-18-6-2-7-19-46)55-41-42-57(60(44-55)51-20-8-3-9-21-51)58-24-12-14-26-61(58)66-62-27-15-13-25-59(62)64-56-23-11-10-22-52(56)36-43-63(64)66/h1-44H. The second kappa shape index (κ2) is 16.8. The Balaban J connectivity index is 1.01. The predicted molar refractivity (Wildman–Crippen MR) is 280 cm³/mol. The van der Waals surface area contributed by atoms with Crippen molar-refractivity contribution in [3.05, 3.63) is 267 Å². The van der Waals surface area contributed by atoms with Gasteiger partial charge in [-0.25, -0.2) is 0 Å². The molecule has 0 saturated carbocycles. The Labute approximate surface area is 385 Å². The first kappa shape index (κ1) is 38.9. The highest BCUT2D eigenvalue weighted by Gasteiger charge is 2.21. The zero-order chi connectivity index (χ0) is 43.8. The summed E-state index contributed by atoms with van der Waals surface area (Å²) in [5.41, 5.74) is 18.6. The van der Waals surface area contributed by atoms with E-state index in [4.69, 9.17) is 0 Å². The van der Waals surface area contributed by atoms with Crippen molar-refractivity contribution in [1.82, 2.24) is 4.57 Å². The molecule has 2 nitrogen and oxygen atoms in total. The molecule has 0 bridgehead atoms. The maximum Gasteiger partial charge on any atom is 0.0547 e. The van der Waals surface area contributed by atoms with Crippen LogP contribution in [0.15, 0.2) is 267 Å². The number of anilines is 3. The van der Waals surface area contributed by atoms with Gasteiger partial charge in [0, 0.05) is 33.4 Å². The van der Waals surface area contributed by atoms with E-state index in [1.165, 1.54) is 77.1 Å². The topological polar surface area (TPSA) is 8.17 Å². The van der Waals surface area contributed by atoms with Gasteiger partial charge < -0.3 is 9.47 Å². The minimum Gasteiger partial charge on any atom is -0.310 e. The lowest BCUT2D eigenvalue weighted by molar-refractivity contribution is 1.18. The summed E-state index contributed by atoms with van der Waals surface area (Å²) in [4.78, 5) is 2.39. The van der Waals surface area contributed by atoms with Crippen LogP contribution in [0.2, 0.25) is 0 Å². The van der Waals surface area contributed by atoms with Crippen molar-refractivity contribution in [1.29, 1.82) is 0 Å². The molecule has 12 rings (SSSR count). The fraction of sp³-hybridized carbons (Fsp3) is 0. The van der Waals surface area contributed by atoms with E-state index in [-0.39, 0.29) is 0 Å². The third-order valence-corrected chi connectivity index (χ3v) is 13.0. The van der Waals surface area contributed by atoms with E-state index < -0.39 is 0 Å². The van der Waals surface area contributed by atoms with Crippen LogP contribution in [0.1, 0.15) is 0 Å². The number of fused-ring (bicyclic) bond motifs is 5. The number of nitrogens with zero attached hydrogens (tertiary/aromatic N) is 2. The summed E-state index contributed by atoms with van der Waals surface area (Å²) in [7, 11) is 0. The van der Waals surface area contributed by atoms with Crippen LogP contribution in [0.5, 0.6) is 0 Å². The molecule has 0 amide bonds. The van der Waals surface area contributed by atoms with Gasteiger partial charge in [0.25, 0.3) is 0 Å². The van der Waals surface area contributed by atoms with Crippen LogP contribution in [0.4, 0.5) is 17.1 Å². The Morgan fingerprint density at radius 1 is 0.258 bits per heavy atom. The van der Waals surface area contributed by atoms with Crippen LogP contribution in [0, 0.1) is 0 Å². The van der Waals surface area contributed by atoms with Gasteiger partial charge in [0.15, 0.2) is 0 Å². The second-order valence-electron chi connectivity index (χ2n) is 16.9. The van der Waals surface area contributed by atoms with E-state index >= 15 is 0 Å². The van der Waals surface area contributed by atoms with Gasteiger partial charge in [-0.15, -0.1) is 0 Å². The summed E-state index contributed by atoms with van der Waals surface area (Å²) in [6.07, 6.45) is 0. The van der Waals surface area contributed by atoms with Crippen molar-refractivity contribution in [3.63, 3.8) is 0 Å². The first-order valence-corrected chi connectivity index (χ1v) is 22.7. The van der Waals surface area contributed by atoms with Crippen LogP contribution >= 0.6 is 0 Å². The van der Waals surface area contributed by atoms with Gasteiger partial charge in [-0.2, -0.15) is 0 Å². The Kier molecular flexibility index (Phi) is 9.89. The first-order valence-electron chi connectivity index (χ1n) is 22.7.